The van der Waals surface area contributed by atoms with E-state index in [1.807, 2.05) is 6.92 Å². The maximum Gasteiger partial charge on any atom is 0.349 e. The quantitative estimate of drug-likeness (QED) is 0.360. The van der Waals surface area contributed by atoms with E-state index in [0.717, 1.165) is 6.42 Å². The summed E-state index contributed by atoms with van der Waals surface area (Å²) in [5.74, 6) is -0.505. The van der Waals surface area contributed by atoms with Crippen LogP contribution in [0.15, 0.2) is 57.7 Å². The molecule has 0 atom stereocenters. The van der Waals surface area contributed by atoms with Crippen LogP contribution in [0.1, 0.15) is 23.7 Å². The third-order valence-electron chi connectivity index (χ3n) is 3.87. The molecule has 0 aliphatic carbocycles. The number of hydrogen-bond acceptors (Lipinski definition) is 6. The molecule has 1 N–H and O–H groups in total. The number of esters is 1. The molecule has 29 heavy (non-hydrogen) atoms. The summed E-state index contributed by atoms with van der Waals surface area (Å²) in [6.45, 7) is 2.05. The van der Waals surface area contributed by atoms with Crippen LogP contribution in [0.3, 0.4) is 0 Å². The van der Waals surface area contributed by atoms with Crippen LogP contribution in [0.2, 0.25) is 5.02 Å². The molecule has 0 saturated carbocycles. The first-order chi connectivity index (χ1) is 14.0. The van der Waals surface area contributed by atoms with Gasteiger partial charge in [0.25, 0.3) is 5.91 Å². The molecule has 0 fully saturated rings. The number of amides is 1. The maximum absolute atomic E-state index is 12.1. The van der Waals surface area contributed by atoms with Gasteiger partial charge in [-0.2, -0.15) is 0 Å². The fourth-order valence-corrected chi connectivity index (χ4v) is 2.69. The van der Waals surface area contributed by atoms with Crippen molar-refractivity contribution in [2.75, 3.05) is 13.2 Å². The second kappa shape index (κ2) is 9.25. The van der Waals surface area contributed by atoms with Crippen LogP contribution < -0.4 is 20.4 Å². The topological polar surface area (TPSA) is 94.8 Å². The van der Waals surface area contributed by atoms with Crippen LogP contribution in [0.25, 0.3) is 11.0 Å². The fraction of sp³-hybridized carbons (Fsp3) is 0.190. The van der Waals surface area contributed by atoms with E-state index in [4.69, 9.17) is 25.5 Å². The Kier molecular flexibility index (Phi) is 6.51. The summed E-state index contributed by atoms with van der Waals surface area (Å²) in [6.07, 6.45) is 0.750. The monoisotopic (exact) mass is 415 g/mol. The molecular formula is C21H18ClNO6. The molecule has 2 aromatic carbocycles. The average molecular weight is 416 g/mol. The number of hydrogen-bond donors (Lipinski definition) is 1. The van der Waals surface area contributed by atoms with Crippen molar-refractivity contribution in [3.8, 4) is 11.5 Å². The van der Waals surface area contributed by atoms with Gasteiger partial charge in [-0.15, -0.1) is 0 Å². The lowest BCUT2D eigenvalue weighted by Crippen LogP contribution is -2.28. The minimum Gasteiger partial charge on any atom is -0.482 e. The highest BCUT2D eigenvalue weighted by molar-refractivity contribution is 6.30. The van der Waals surface area contributed by atoms with Crippen molar-refractivity contribution in [3.05, 3.63) is 69.5 Å². The molecule has 7 nitrogen and oxygen atoms in total. The second-order valence-electron chi connectivity index (χ2n) is 6.12. The van der Waals surface area contributed by atoms with E-state index in [0.29, 0.717) is 22.7 Å². The molecule has 0 bridgehead atoms. The van der Waals surface area contributed by atoms with Crippen LogP contribution in [0, 0.1) is 0 Å². The highest BCUT2D eigenvalue weighted by atomic mass is 35.5. The van der Waals surface area contributed by atoms with Gasteiger partial charge in [0, 0.05) is 23.0 Å². The summed E-state index contributed by atoms with van der Waals surface area (Å²) in [5, 5.41) is 3.65. The largest absolute Gasteiger partial charge is 0.482 e. The molecule has 1 aromatic heterocycles. The first kappa shape index (κ1) is 20.4. The lowest BCUT2D eigenvalue weighted by Gasteiger charge is -2.08. The van der Waals surface area contributed by atoms with Crippen molar-refractivity contribution in [3.63, 3.8) is 0 Å². The fourth-order valence-electron chi connectivity index (χ4n) is 2.51. The van der Waals surface area contributed by atoms with Crippen LogP contribution in [0.5, 0.6) is 11.5 Å². The molecule has 3 aromatic rings. The van der Waals surface area contributed by atoms with Gasteiger partial charge in [-0.05, 0) is 42.8 Å². The third kappa shape index (κ3) is 5.36. The molecule has 1 amide bonds. The second-order valence-corrected chi connectivity index (χ2v) is 6.56. The van der Waals surface area contributed by atoms with Gasteiger partial charge in [0.2, 0.25) is 0 Å². The van der Waals surface area contributed by atoms with E-state index in [1.165, 1.54) is 18.2 Å². The number of carbonyl (C=O) groups is 2. The van der Waals surface area contributed by atoms with Gasteiger partial charge in [-0.25, -0.2) is 9.59 Å². The Morgan fingerprint density at radius 2 is 1.93 bits per heavy atom. The van der Waals surface area contributed by atoms with E-state index in [-0.39, 0.29) is 23.5 Å². The van der Waals surface area contributed by atoms with Crippen LogP contribution in [0.4, 0.5) is 0 Å². The molecule has 0 aliphatic rings. The van der Waals surface area contributed by atoms with E-state index in [2.05, 4.69) is 5.32 Å². The van der Waals surface area contributed by atoms with Gasteiger partial charge < -0.3 is 19.2 Å². The summed E-state index contributed by atoms with van der Waals surface area (Å²) in [7, 11) is 0. The summed E-state index contributed by atoms with van der Waals surface area (Å²) in [5.41, 5.74) is -0.646. The Balaban J connectivity index is 1.70. The zero-order valence-electron chi connectivity index (χ0n) is 15.6. The molecule has 0 radical (unpaired) electrons. The predicted molar refractivity (Wildman–Crippen MR) is 108 cm³/mol. The van der Waals surface area contributed by atoms with Crippen molar-refractivity contribution in [2.24, 2.45) is 0 Å². The first-order valence-corrected chi connectivity index (χ1v) is 9.29. The van der Waals surface area contributed by atoms with Crippen molar-refractivity contribution in [1.29, 1.82) is 0 Å². The molecule has 0 saturated heterocycles. The number of fused-ring (bicyclic) bond motifs is 1. The SMILES string of the molecule is CCCNC(=O)c1cc2ccc(OC(=O)COc3cccc(Cl)c3)cc2oc1=O. The first-order valence-electron chi connectivity index (χ1n) is 8.91. The molecule has 0 aliphatic heterocycles. The maximum atomic E-state index is 12.1. The molecule has 0 unspecified atom stereocenters. The summed E-state index contributed by atoms with van der Waals surface area (Å²) < 4.78 is 15.7. The van der Waals surface area contributed by atoms with Gasteiger partial charge in [-0.1, -0.05) is 24.6 Å². The highest BCUT2D eigenvalue weighted by Gasteiger charge is 2.14. The lowest BCUT2D eigenvalue weighted by atomic mass is 10.1. The molecule has 1 heterocycles. The number of carbonyl (C=O) groups excluding carboxylic acids is 2. The molecule has 8 heteroatoms. The molecule has 3 rings (SSSR count). The summed E-state index contributed by atoms with van der Waals surface area (Å²) in [6, 6.07) is 12.6. The van der Waals surface area contributed by atoms with E-state index in [1.54, 1.807) is 30.3 Å². The third-order valence-corrected chi connectivity index (χ3v) is 4.11. The van der Waals surface area contributed by atoms with Crippen LogP contribution in [-0.4, -0.2) is 25.0 Å². The number of rotatable bonds is 7. The van der Waals surface area contributed by atoms with Gasteiger partial charge in [0.05, 0.1) is 0 Å². The average Bonchev–Trinajstić information content (AvgIpc) is 2.70. The number of benzene rings is 2. The Hall–Kier alpha value is -3.32. The smallest absolute Gasteiger partial charge is 0.349 e. The Morgan fingerprint density at radius 1 is 1.10 bits per heavy atom. The number of ether oxygens (including phenoxy) is 2. The number of nitrogens with one attached hydrogen (secondary N) is 1. The van der Waals surface area contributed by atoms with Gasteiger partial charge in [-0.3, -0.25) is 4.79 Å². The van der Waals surface area contributed by atoms with Crippen LogP contribution >= 0.6 is 11.6 Å². The van der Waals surface area contributed by atoms with Crippen molar-refractivity contribution >= 4 is 34.4 Å². The minimum absolute atomic E-state index is 0.0781. The highest BCUT2D eigenvalue weighted by Crippen LogP contribution is 2.21. The van der Waals surface area contributed by atoms with Crippen LogP contribution in [-0.2, 0) is 4.79 Å². The van der Waals surface area contributed by atoms with Crippen molar-refractivity contribution < 1.29 is 23.5 Å². The van der Waals surface area contributed by atoms with E-state index in [9.17, 15) is 14.4 Å². The zero-order valence-corrected chi connectivity index (χ0v) is 16.3. The lowest BCUT2D eigenvalue weighted by molar-refractivity contribution is -0.136. The Bertz CT molecular complexity index is 1110. The summed E-state index contributed by atoms with van der Waals surface area (Å²) >= 11 is 5.86. The van der Waals surface area contributed by atoms with Gasteiger partial charge in [0.15, 0.2) is 6.61 Å². The standard InChI is InChI=1S/C21H18ClNO6/c1-2-8-23-20(25)17-9-13-6-7-16(11-18(13)29-21(17)26)28-19(24)12-27-15-5-3-4-14(22)10-15/h3-7,9-11H,2,8,12H2,1H3,(H,23,25). The predicted octanol–water partition coefficient (Wildman–Crippen LogP) is 3.57. The number of halogens is 1. The normalized spacial score (nSPS) is 10.6. The van der Waals surface area contributed by atoms with Crippen molar-refractivity contribution in [2.45, 2.75) is 13.3 Å². The van der Waals surface area contributed by atoms with E-state index < -0.39 is 17.5 Å². The molecule has 150 valence electrons. The summed E-state index contributed by atoms with van der Waals surface area (Å²) in [4.78, 5) is 36.1. The Morgan fingerprint density at radius 3 is 2.69 bits per heavy atom. The zero-order chi connectivity index (χ0) is 20.8. The molecular weight excluding hydrogens is 398 g/mol. The molecule has 0 spiro atoms. The van der Waals surface area contributed by atoms with E-state index >= 15 is 0 Å². The van der Waals surface area contributed by atoms with Gasteiger partial charge in [0.1, 0.15) is 22.6 Å². The Labute approximate surface area is 171 Å². The van der Waals surface area contributed by atoms with Gasteiger partial charge >= 0.3 is 11.6 Å². The minimum atomic E-state index is -0.765. The van der Waals surface area contributed by atoms with Crippen molar-refractivity contribution in [1.82, 2.24) is 5.32 Å².